The molecule has 2 nitrogen and oxygen atoms in total. The van der Waals surface area contributed by atoms with E-state index in [1.165, 1.54) is 24.0 Å². The van der Waals surface area contributed by atoms with Crippen LogP contribution in [0.4, 0.5) is 0 Å². The van der Waals surface area contributed by atoms with Crippen LogP contribution in [0, 0.1) is 12.8 Å². The van der Waals surface area contributed by atoms with E-state index in [4.69, 9.17) is 0 Å². The molecular weight excluding hydrogens is 278 g/mol. The van der Waals surface area contributed by atoms with Crippen molar-refractivity contribution in [2.45, 2.75) is 32.6 Å². The van der Waals surface area contributed by atoms with Crippen molar-refractivity contribution in [2.24, 2.45) is 5.92 Å². The van der Waals surface area contributed by atoms with Crippen LogP contribution in [0.2, 0.25) is 0 Å². The summed E-state index contributed by atoms with van der Waals surface area (Å²) in [7, 11) is 0. The highest BCUT2D eigenvalue weighted by Crippen LogP contribution is 2.27. The van der Waals surface area contributed by atoms with Gasteiger partial charge in [0, 0.05) is 17.4 Å². The monoisotopic (exact) mass is 295 g/mol. The summed E-state index contributed by atoms with van der Waals surface area (Å²) < 4.78 is 1.10. The molecule has 0 radical (unpaired) electrons. The zero-order valence-corrected chi connectivity index (χ0v) is 11.7. The van der Waals surface area contributed by atoms with Crippen LogP contribution in [-0.2, 0) is 11.2 Å². The second-order valence-electron chi connectivity index (χ2n) is 4.84. The topological polar surface area (TPSA) is 29.1 Å². The lowest BCUT2D eigenvalue weighted by atomic mass is 10.1. The number of amides is 1. The molecule has 92 valence electrons. The molecule has 0 bridgehead atoms. The molecule has 0 atom stereocenters. The van der Waals surface area contributed by atoms with Crippen molar-refractivity contribution in [1.29, 1.82) is 0 Å². The molecule has 0 heterocycles. The quantitative estimate of drug-likeness (QED) is 0.888. The average Bonchev–Trinajstić information content (AvgIpc) is 3.09. The maximum absolute atomic E-state index is 11.6. The van der Waals surface area contributed by atoms with Gasteiger partial charge in [0.15, 0.2) is 0 Å². The van der Waals surface area contributed by atoms with E-state index in [0.717, 1.165) is 23.4 Å². The maximum atomic E-state index is 11.6. The largest absolute Gasteiger partial charge is 0.356 e. The molecule has 1 aliphatic rings. The summed E-state index contributed by atoms with van der Waals surface area (Å²) in [6.45, 7) is 2.94. The second-order valence-corrected chi connectivity index (χ2v) is 5.70. The van der Waals surface area contributed by atoms with Gasteiger partial charge in [0.25, 0.3) is 0 Å². The van der Waals surface area contributed by atoms with E-state index in [1.807, 2.05) is 0 Å². The number of carbonyl (C=O) groups excluding carboxylic acids is 1. The molecule has 0 aromatic heterocycles. The highest BCUT2D eigenvalue weighted by atomic mass is 79.9. The Morgan fingerprint density at radius 3 is 2.88 bits per heavy atom. The molecule has 0 unspecified atom stereocenters. The van der Waals surface area contributed by atoms with Gasteiger partial charge < -0.3 is 5.32 Å². The van der Waals surface area contributed by atoms with Gasteiger partial charge in [0.05, 0.1) is 0 Å². The van der Waals surface area contributed by atoms with Gasteiger partial charge in [0.2, 0.25) is 5.91 Å². The molecule has 1 aromatic rings. The Balaban J connectivity index is 1.77. The third-order valence-corrected chi connectivity index (χ3v) is 3.85. The maximum Gasteiger partial charge on any atom is 0.220 e. The third kappa shape index (κ3) is 4.15. The highest BCUT2D eigenvalue weighted by Gasteiger charge is 2.21. The van der Waals surface area contributed by atoms with Gasteiger partial charge in [-0.1, -0.05) is 28.1 Å². The molecular formula is C14H18BrNO. The minimum atomic E-state index is 0.171. The Bertz CT molecular complexity index is 413. The number of aryl methyl sites for hydroxylation is 2. The molecule has 0 saturated heterocycles. The molecule has 0 spiro atoms. The van der Waals surface area contributed by atoms with Crippen LogP contribution >= 0.6 is 15.9 Å². The fourth-order valence-corrected chi connectivity index (χ4v) is 2.46. The fraction of sp³-hybridized carbons (Fsp3) is 0.500. The van der Waals surface area contributed by atoms with Crippen LogP contribution in [0.25, 0.3) is 0 Å². The summed E-state index contributed by atoms with van der Waals surface area (Å²) in [6, 6.07) is 6.27. The highest BCUT2D eigenvalue weighted by molar-refractivity contribution is 9.10. The number of halogens is 1. The van der Waals surface area contributed by atoms with Gasteiger partial charge in [-0.05, 0) is 49.3 Å². The third-order valence-electron chi connectivity index (χ3n) is 3.11. The van der Waals surface area contributed by atoms with Crippen LogP contribution in [0.1, 0.15) is 30.4 Å². The van der Waals surface area contributed by atoms with E-state index in [1.54, 1.807) is 0 Å². The Morgan fingerprint density at radius 1 is 1.47 bits per heavy atom. The summed E-state index contributed by atoms with van der Waals surface area (Å²) >= 11 is 3.54. The average molecular weight is 296 g/mol. The van der Waals surface area contributed by atoms with Crippen LogP contribution < -0.4 is 5.32 Å². The van der Waals surface area contributed by atoms with E-state index < -0.39 is 0 Å². The minimum absolute atomic E-state index is 0.171. The Morgan fingerprint density at radius 2 is 2.24 bits per heavy atom. The predicted octanol–water partition coefficient (Wildman–Crippen LogP) is 3.22. The molecule has 1 aromatic carbocycles. The standard InChI is InChI=1S/C14H18BrNO/c1-10-2-5-12(13(15)8-10)6-7-14(17)16-9-11-3-4-11/h2,5,8,11H,3-4,6-7,9H2,1H3,(H,16,17). The van der Waals surface area contributed by atoms with Crippen molar-refractivity contribution in [2.75, 3.05) is 6.54 Å². The predicted molar refractivity (Wildman–Crippen MR) is 72.9 cm³/mol. The number of benzene rings is 1. The van der Waals surface area contributed by atoms with E-state index in [-0.39, 0.29) is 5.91 Å². The van der Waals surface area contributed by atoms with Gasteiger partial charge in [-0.2, -0.15) is 0 Å². The van der Waals surface area contributed by atoms with E-state index in [0.29, 0.717) is 6.42 Å². The summed E-state index contributed by atoms with van der Waals surface area (Å²) in [5, 5.41) is 2.99. The van der Waals surface area contributed by atoms with Gasteiger partial charge in [-0.3, -0.25) is 4.79 Å². The van der Waals surface area contributed by atoms with Gasteiger partial charge >= 0.3 is 0 Å². The number of nitrogens with one attached hydrogen (secondary N) is 1. The van der Waals surface area contributed by atoms with Crippen LogP contribution in [-0.4, -0.2) is 12.5 Å². The normalized spacial score (nSPS) is 14.7. The minimum Gasteiger partial charge on any atom is -0.356 e. The molecule has 0 aliphatic heterocycles. The zero-order chi connectivity index (χ0) is 12.3. The van der Waals surface area contributed by atoms with Crippen molar-refractivity contribution >= 4 is 21.8 Å². The van der Waals surface area contributed by atoms with Crippen LogP contribution in [0.5, 0.6) is 0 Å². The number of hydrogen-bond acceptors (Lipinski definition) is 1. The Labute approximate surface area is 111 Å². The van der Waals surface area contributed by atoms with E-state index >= 15 is 0 Å². The molecule has 1 fully saturated rings. The number of rotatable bonds is 5. The van der Waals surface area contributed by atoms with Crippen molar-refractivity contribution in [1.82, 2.24) is 5.32 Å². The van der Waals surface area contributed by atoms with E-state index in [2.05, 4.69) is 46.4 Å². The molecule has 1 amide bonds. The van der Waals surface area contributed by atoms with Crippen molar-refractivity contribution in [3.8, 4) is 0 Å². The summed E-state index contributed by atoms with van der Waals surface area (Å²) in [4.78, 5) is 11.6. The van der Waals surface area contributed by atoms with Gasteiger partial charge in [-0.25, -0.2) is 0 Å². The molecule has 1 saturated carbocycles. The lowest BCUT2D eigenvalue weighted by molar-refractivity contribution is -0.121. The first-order chi connectivity index (χ1) is 8.15. The molecule has 2 rings (SSSR count). The van der Waals surface area contributed by atoms with Gasteiger partial charge in [0.1, 0.15) is 0 Å². The fourth-order valence-electron chi connectivity index (χ4n) is 1.77. The number of hydrogen-bond donors (Lipinski definition) is 1. The van der Waals surface area contributed by atoms with Crippen molar-refractivity contribution < 1.29 is 4.79 Å². The molecule has 1 N–H and O–H groups in total. The SMILES string of the molecule is Cc1ccc(CCC(=O)NCC2CC2)c(Br)c1. The number of carbonyl (C=O) groups is 1. The van der Waals surface area contributed by atoms with Gasteiger partial charge in [-0.15, -0.1) is 0 Å². The van der Waals surface area contributed by atoms with Crippen LogP contribution in [0.3, 0.4) is 0 Å². The molecule has 1 aliphatic carbocycles. The zero-order valence-electron chi connectivity index (χ0n) is 10.1. The molecule has 17 heavy (non-hydrogen) atoms. The summed E-state index contributed by atoms with van der Waals surface area (Å²) in [6.07, 6.45) is 3.94. The van der Waals surface area contributed by atoms with Crippen LogP contribution in [0.15, 0.2) is 22.7 Å². The van der Waals surface area contributed by atoms with Crippen molar-refractivity contribution in [3.05, 3.63) is 33.8 Å². The first kappa shape index (κ1) is 12.6. The van der Waals surface area contributed by atoms with E-state index in [9.17, 15) is 4.79 Å². The first-order valence-corrected chi connectivity index (χ1v) is 6.96. The Kier molecular flexibility index (Phi) is 4.21. The Hall–Kier alpha value is -0.830. The lowest BCUT2D eigenvalue weighted by Crippen LogP contribution is -2.25. The lowest BCUT2D eigenvalue weighted by Gasteiger charge is -2.06. The smallest absolute Gasteiger partial charge is 0.220 e. The van der Waals surface area contributed by atoms with Crippen molar-refractivity contribution in [3.63, 3.8) is 0 Å². The summed E-state index contributed by atoms with van der Waals surface area (Å²) in [5.41, 5.74) is 2.44. The first-order valence-electron chi connectivity index (χ1n) is 6.17. The second kappa shape index (κ2) is 5.67. The molecule has 3 heteroatoms. The summed E-state index contributed by atoms with van der Waals surface area (Å²) in [5.74, 6) is 0.925.